The number of benzene rings is 3. The third-order valence-corrected chi connectivity index (χ3v) is 6.07. The number of fused-ring (bicyclic) bond motifs is 2. The van der Waals surface area contributed by atoms with E-state index in [-0.39, 0.29) is 28.0 Å². The summed E-state index contributed by atoms with van der Waals surface area (Å²) in [5.41, 5.74) is 0.832. The lowest BCUT2D eigenvalue weighted by Gasteiger charge is -2.25. The van der Waals surface area contributed by atoms with Crippen molar-refractivity contribution in [1.82, 2.24) is 0 Å². The first-order valence-electron chi connectivity index (χ1n) is 9.87. The first-order valence-corrected chi connectivity index (χ1v) is 10.7. The van der Waals surface area contributed by atoms with Crippen molar-refractivity contribution in [2.24, 2.45) is 0 Å². The fourth-order valence-electron chi connectivity index (χ4n) is 4.08. The van der Waals surface area contributed by atoms with E-state index in [1.807, 2.05) is 0 Å². The summed E-state index contributed by atoms with van der Waals surface area (Å²) in [5, 5.41) is 11.7. The van der Waals surface area contributed by atoms with E-state index in [9.17, 15) is 19.7 Å². The largest absolute Gasteiger partial charge is 0.497 e. The number of hydrogen-bond donors (Lipinski definition) is 0. The maximum atomic E-state index is 13.6. The maximum Gasteiger partial charge on any atom is 0.295 e. The zero-order chi connectivity index (χ0) is 23.3. The Morgan fingerprint density at radius 2 is 1.82 bits per heavy atom. The van der Waals surface area contributed by atoms with Gasteiger partial charge in [-0.25, -0.2) is 0 Å². The van der Waals surface area contributed by atoms with Gasteiger partial charge in [-0.1, -0.05) is 28.1 Å². The summed E-state index contributed by atoms with van der Waals surface area (Å²) in [6.07, 6.45) is 0. The van der Waals surface area contributed by atoms with Crippen LogP contribution in [0.15, 0.2) is 80.4 Å². The number of rotatable bonds is 4. The highest BCUT2D eigenvalue weighted by Crippen LogP contribution is 2.42. The van der Waals surface area contributed by atoms with Crippen LogP contribution in [0.1, 0.15) is 27.7 Å². The van der Waals surface area contributed by atoms with Gasteiger partial charge in [0.15, 0.2) is 5.43 Å². The molecule has 0 bridgehead atoms. The van der Waals surface area contributed by atoms with E-state index in [0.717, 1.165) is 0 Å². The van der Waals surface area contributed by atoms with Gasteiger partial charge in [0.2, 0.25) is 5.76 Å². The van der Waals surface area contributed by atoms with E-state index < -0.39 is 16.9 Å². The molecule has 0 saturated heterocycles. The van der Waals surface area contributed by atoms with E-state index in [1.165, 1.54) is 30.2 Å². The van der Waals surface area contributed by atoms with Gasteiger partial charge in [-0.05, 0) is 48.0 Å². The number of methoxy groups -OCH3 is 1. The molecule has 0 fully saturated rings. The third-order valence-electron chi connectivity index (χ3n) is 5.58. The summed E-state index contributed by atoms with van der Waals surface area (Å²) in [7, 11) is 1.53. The number of non-ortho nitro benzene ring substituents is 1. The van der Waals surface area contributed by atoms with Crippen LogP contribution < -0.4 is 15.1 Å². The summed E-state index contributed by atoms with van der Waals surface area (Å²) in [6, 6.07) is 16.7. The standard InChI is InChI=1S/C24H15BrN2O6/c1-32-17-8-6-15(7-9-17)26-21(13-3-2-4-16(11-13)27(30)31)20-22(28)18-12-14(25)5-10-19(18)33-23(20)24(26)29/h2-12,21H,1H3. The van der Waals surface area contributed by atoms with Crippen LogP contribution in [-0.4, -0.2) is 17.9 Å². The Kier molecular flexibility index (Phi) is 4.98. The van der Waals surface area contributed by atoms with Gasteiger partial charge in [-0.15, -0.1) is 0 Å². The summed E-state index contributed by atoms with van der Waals surface area (Å²) in [6.45, 7) is 0. The molecule has 3 aromatic carbocycles. The lowest BCUT2D eigenvalue weighted by Crippen LogP contribution is -2.29. The van der Waals surface area contributed by atoms with Crippen molar-refractivity contribution >= 4 is 44.2 Å². The summed E-state index contributed by atoms with van der Waals surface area (Å²) in [4.78, 5) is 39.4. The minimum absolute atomic E-state index is 0.0813. The molecular weight excluding hydrogens is 492 g/mol. The van der Waals surface area contributed by atoms with Crippen LogP contribution in [0.4, 0.5) is 11.4 Å². The highest BCUT2D eigenvalue weighted by Gasteiger charge is 2.44. The lowest BCUT2D eigenvalue weighted by atomic mass is 9.98. The number of carbonyl (C=O) groups is 1. The number of carbonyl (C=O) groups excluding carboxylic acids is 1. The van der Waals surface area contributed by atoms with Crippen LogP contribution in [0, 0.1) is 10.1 Å². The molecule has 0 radical (unpaired) electrons. The van der Waals surface area contributed by atoms with Crippen LogP contribution in [-0.2, 0) is 0 Å². The number of halogens is 1. The molecule has 1 aliphatic rings. The van der Waals surface area contributed by atoms with Gasteiger partial charge >= 0.3 is 0 Å². The Labute approximate surface area is 195 Å². The highest BCUT2D eigenvalue weighted by molar-refractivity contribution is 9.10. The molecule has 164 valence electrons. The number of hydrogen-bond acceptors (Lipinski definition) is 6. The van der Waals surface area contributed by atoms with E-state index in [1.54, 1.807) is 48.5 Å². The Hall–Kier alpha value is -3.98. The molecule has 9 heteroatoms. The molecule has 0 spiro atoms. The smallest absolute Gasteiger partial charge is 0.295 e. The second-order valence-electron chi connectivity index (χ2n) is 7.44. The molecule has 4 aromatic rings. The average molecular weight is 507 g/mol. The quantitative estimate of drug-likeness (QED) is 0.277. The minimum atomic E-state index is -0.902. The number of nitro groups is 1. The van der Waals surface area contributed by atoms with Crippen molar-refractivity contribution in [3.05, 3.63) is 108 Å². The third kappa shape index (κ3) is 3.37. The molecule has 1 aromatic heterocycles. The molecule has 0 saturated carbocycles. The molecule has 1 atom stereocenters. The molecule has 5 rings (SSSR count). The highest BCUT2D eigenvalue weighted by atomic mass is 79.9. The van der Waals surface area contributed by atoms with Crippen LogP contribution in [0.2, 0.25) is 0 Å². The second kappa shape index (κ2) is 7.86. The van der Waals surface area contributed by atoms with Gasteiger partial charge in [-0.3, -0.25) is 24.6 Å². The fraction of sp³-hybridized carbons (Fsp3) is 0.0833. The van der Waals surface area contributed by atoms with Crippen molar-refractivity contribution in [1.29, 1.82) is 0 Å². The second-order valence-corrected chi connectivity index (χ2v) is 8.36. The normalized spacial score (nSPS) is 15.0. The average Bonchev–Trinajstić information content (AvgIpc) is 3.12. The van der Waals surface area contributed by atoms with Gasteiger partial charge < -0.3 is 9.15 Å². The Morgan fingerprint density at radius 3 is 2.52 bits per heavy atom. The zero-order valence-corrected chi connectivity index (χ0v) is 18.7. The number of anilines is 1. The molecule has 33 heavy (non-hydrogen) atoms. The van der Waals surface area contributed by atoms with E-state index in [0.29, 0.717) is 26.9 Å². The number of ether oxygens (including phenoxy) is 1. The Balaban J connectivity index is 1.80. The fourth-order valence-corrected chi connectivity index (χ4v) is 4.44. The summed E-state index contributed by atoms with van der Waals surface area (Å²) < 4.78 is 11.8. The van der Waals surface area contributed by atoms with Crippen LogP contribution in [0.25, 0.3) is 11.0 Å². The van der Waals surface area contributed by atoms with Gasteiger partial charge in [0.05, 0.1) is 29.0 Å². The van der Waals surface area contributed by atoms with Crippen molar-refractivity contribution in [3.63, 3.8) is 0 Å². The van der Waals surface area contributed by atoms with E-state index >= 15 is 0 Å². The molecule has 0 N–H and O–H groups in total. The van der Waals surface area contributed by atoms with Crippen molar-refractivity contribution in [2.75, 3.05) is 12.0 Å². The van der Waals surface area contributed by atoms with Crippen molar-refractivity contribution in [3.8, 4) is 5.75 Å². The number of amides is 1. The van der Waals surface area contributed by atoms with Crippen LogP contribution in [0.5, 0.6) is 5.75 Å². The van der Waals surface area contributed by atoms with E-state index in [2.05, 4.69) is 15.9 Å². The molecule has 8 nitrogen and oxygen atoms in total. The molecular formula is C24H15BrN2O6. The molecule has 0 aliphatic carbocycles. The maximum absolute atomic E-state index is 13.6. The van der Waals surface area contributed by atoms with Crippen molar-refractivity contribution in [2.45, 2.75) is 6.04 Å². The van der Waals surface area contributed by atoms with Gasteiger partial charge in [0.25, 0.3) is 11.6 Å². The topological polar surface area (TPSA) is 103 Å². The summed E-state index contributed by atoms with van der Waals surface area (Å²) in [5.74, 6) is 0.00957. The molecule has 1 unspecified atom stereocenters. The SMILES string of the molecule is COc1ccc(N2C(=O)c3oc4ccc(Br)cc4c(=O)c3C2c2cccc([N+](=O)[O-])c2)cc1. The molecule has 1 amide bonds. The van der Waals surface area contributed by atoms with Gasteiger partial charge in [0.1, 0.15) is 11.3 Å². The predicted molar refractivity (Wildman–Crippen MR) is 125 cm³/mol. The molecule has 2 heterocycles. The predicted octanol–water partition coefficient (Wildman–Crippen LogP) is 5.22. The Bertz CT molecular complexity index is 1500. The van der Waals surface area contributed by atoms with Gasteiger partial charge in [-0.2, -0.15) is 0 Å². The van der Waals surface area contributed by atoms with E-state index in [4.69, 9.17) is 9.15 Å². The first kappa shape index (κ1) is 20.9. The van der Waals surface area contributed by atoms with Crippen LogP contribution in [0.3, 0.4) is 0 Å². The zero-order valence-electron chi connectivity index (χ0n) is 17.2. The Morgan fingerprint density at radius 1 is 1.06 bits per heavy atom. The number of nitro benzene ring substituents is 1. The summed E-state index contributed by atoms with van der Waals surface area (Å²) >= 11 is 3.36. The van der Waals surface area contributed by atoms with Gasteiger partial charge in [0, 0.05) is 22.3 Å². The lowest BCUT2D eigenvalue weighted by molar-refractivity contribution is -0.384. The molecule has 1 aliphatic heterocycles. The van der Waals surface area contributed by atoms with Crippen molar-refractivity contribution < 1.29 is 18.9 Å². The minimum Gasteiger partial charge on any atom is -0.497 e. The number of nitrogens with zero attached hydrogens (tertiary/aromatic N) is 2. The monoisotopic (exact) mass is 506 g/mol. The first-order chi connectivity index (χ1) is 15.9. The van der Waals surface area contributed by atoms with Crippen LogP contribution >= 0.6 is 15.9 Å².